The first-order valence-corrected chi connectivity index (χ1v) is 11.1. The van der Waals surface area contributed by atoms with Crippen LogP contribution in [0, 0.1) is 10.8 Å². The van der Waals surface area contributed by atoms with Crippen LogP contribution in [0.4, 0.5) is 0 Å². The van der Waals surface area contributed by atoms with Crippen molar-refractivity contribution >= 4 is 11.9 Å². The van der Waals surface area contributed by atoms with Crippen LogP contribution in [0.15, 0.2) is 60.7 Å². The molecule has 2 saturated heterocycles. The second kappa shape index (κ2) is 11.2. The van der Waals surface area contributed by atoms with Crippen molar-refractivity contribution < 1.29 is 28.5 Å². The van der Waals surface area contributed by atoms with Crippen molar-refractivity contribution in [3.63, 3.8) is 0 Å². The van der Waals surface area contributed by atoms with Gasteiger partial charge in [-0.25, -0.2) is 9.59 Å². The Balaban J connectivity index is 0.000000181. The highest BCUT2D eigenvalue weighted by Crippen LogP contribution is 2.32. The highest BCUT2D eigenvalue weighted by Gasteiger charge is 2.39. The van der Waals surface area contributed by atoms with Gasteiger partial charge in [-0.3, -0.25) is 0 Å². The van der Waals surface area contributed by atoms with Crippen LogP contribution >= 0.6 is 0 Å². The maximum atomic E-state index is 11.7. The Morgan fingerprint density at radius 3 is 1.28 bits per heavy atom. The first kappa shape index (κ1) is 24.0. The van der Waals surface area contributed by atoms with E-state index in [4.69, 9.17) is 18.9 Å². The molecule has 0 saturated carbocycles. The lowest BCUT2D eigenvalue weighted by Gasteiger charge is -2.39. The van der Waals surface area contributed by atoms with Gasteiger partial charge in [0, 0.05) is 0 Å². The molecule has 0 bridgehead atoms. The molecule has 2 aliphatic rings. The average Bonchev–Trinajstić information content (AvgIpc) is 2.79. The van der Waals surface area contributed by atoms with Crippen LogP contribution in [-0.4, -0.2) is 51.6 Å². The van der Waals surface area contributed by atoms with Gasteiger partial charge in [0.15, 0.2) is 0 Å². The van der Waals surface area contributed by atoms with Gasteiger partial charge in [0.2, 0.25) is 0 Å². The van der Waals surface area contributed by atoms with Crippen LogP contribution in [0.5, 0.6) is 0 Å². The van der Waals surface area contributed by atoms with E-state index in [2.05, 4.69) is 13.8 Å². The summed E-state index contributed by atoms with van der Waals surface area (Å²) in [5, 5.41) is 0. The van der Waals surface area contributed by atoms with Gasteiger partial charge >= 0.3 is 11.9 Å². The molecule has 2 fully saturated rings. The highest BCUT2D eigenvalue weighted by atomic mass is 16.6. The van der Waals surface area contributed by atoms with Gasteiger partial charge in [-0.05, 0) is 37.1 Å². The summed E-state index contributed by atoms with van der Waals surface area (Å²) in [6.07, 6.45) is 1.96. The lowest BCUT2D eigenvalue weighted by molar-refractivity contribution is -0.140. The lowest BCUT2D eigenvalue weighted by Crippen LogP contribution is -2.46. The minimum Gasteiger partial charge on any atom is -0.461 e. The Kier molecular flexibility index (Phi) is 8.42. The zero-order valence-corrected chi connectivity index (χ0v) is 18.9. The Bertz CT molecular complexity index is 772. The summed E-state index contributed by atoms with van der Waals surface area (Å²) >= 11 is 0. The summed E-state index contributed by atoms with van der Waals surface area (Å²) in [6, 6.07) is 18.1. The molecule has 0 spiro atoms. The number of hydrogen-bond acceptors (Lipinski definition) is 6. The quantitative estimate of drug-likeness (QED) is 0.561. The fourth-order valence-corrected chi connectivity index (χ4v) is 3.31. The van der Waals surface area contributed by atoms with Gasteiger partial charge in [-0.1, -0.05) is 50.2 Å². The van der Waals surface area contributed by atoms with Crippen molar-refractivity contribution in [1.82, 2.24) is 0 Å². The molecule has 2 aromatic rings. The van der Waals surface area contributed by atoms with E-state index in [1.165, 1.54) is 0 Å². The number of carbonyl (C=O) groups is 2. The van der Waals surface area contributed by atoms with E-state index >= 15 is 0 Å². The molecule has 0 N–H and O–H groups in total. The van der Waals surface area contributed by atoms with Crippen LogP contribution in [-0.2, 0) is 18.9 Å². The Labute approximate surface area is 189 Å². The largest absolute Gasteiger partial charge is 0.461 e. The molecule has 172 valence electrons. The first-order chi connectivity index (χ1) is 15.5. The fraction of sp³-hybridized carbons (Fsp3) is 0.462. The third-order valence-electron chi connectivity index (χ3n) is 6.17. The smallest absolute Gasteiger partial charge is 0.338 e. The Morgan fingerprint density at radius 1 is 0.688 bits per heavy atom. The zero-order chi connectivity index (χ0) is 22.9. The molecule has 6 heteroatoms. The normalized spacial score (nSPS) is 17.6. The van der Waals surface area contributed by atoms with Crippen LogP contribution in [0.25, 0.3) is 0 Å². The molecule has 6 nitrogen and oxygen atoms in total. The van der Waals surface area contributed by atoms with E-state index in [1.54, 1.807) is 24.3 Å². The number of esters is 2. The van der Waals surface area contributed by atoms with Crippen molar-refractivity contribution in [2.24, 2.45) is 10.8 Å². The summed E-state index contributed by atoms with van der Waals surface area (Å²) in [5.41, 5.74) is 1.33. The molecular weight excluding hydrogens is 408 g/mol. The number of hydrogen-bond donors (Lipinski definition) is 0. The molecule has 2 heterocycles. The maximum Gasteiger partial charge on any atom is 0.338 e. The average molecular weight is 441 g/mol. The van der Waals surface area contributed by atoms with Crippen LogP contribution in [0.2, 0.25) is 0 Å². The van der Waals surface area contributed by atoms with E-state index in [1.807, 2.05) is 36.4 Å². The third kappa shape index (κ3) is 6.17. The first-order valence-electron chi connectivity index (χ1n) is 11.1. The summed E-state index contributed by atoms with van der Waals surface area (Å²) in [7, 11) is 0. The van der Waals surface area contributed by atoms with Crippen molar-refractivity contribution in [3.05, 3.63) is 71.8 Å². The van der Waals surface area contributed by atoms with Crippen molar-refractivity contribution in [2.75, 3.05) is 39.6 Å². The number of benzene rings is 2. The topological polar surface area (TPSA) is 71.1 Å². The minimum absolute atomic E-state index is 0.0600. The van der Waals surface area contributed by atoms with Gasteiger partial charge in [0.05, 0.1) is 48.4 Å². The summed E-state index contributed by atoms with van der Waals surface area (Å²) < 4.78 is 21.0. The maximum absolute atomic E-state index is 11.7. The molecule has 4 rings (SSSR count). The molecular formula is C26H32O6. The van der Waals surface area contributed by atoms with Gasteiger partial charge in [0.1, 0.15) is 13.2 Å². The number of carbonyl (C=O) groups excluding carboxylic acids is 2. The number of ether oxygens (including phenoxy) is 4. The fourth-order valence-electron chi connectivity index (χ4n) is 3.31. The minimum atomic E-state index is -0.250. The van der Waals surface area contributed by atoms with E-state index in [9.17, 15) is 9.59 Å². The molecule has 0 radical (unpaired) electrons. The second-order valence-electron chi connectivity index (χ2n) is 8.58. The van der Waals surface area contributed by atoms with Gasteiger partial charge < -0.3 is 18.9 Å². The molecule has 0 aliphatic carbocycles. The van der Waals surface area contributed by atoms with Gasteiger partial charge in [-0.2, -0.15) is 0 Å². The van der Waals surface area contributed by atoms with Crippen LogP contribution in [0.1, 0.15) is 47.4 Å². The standard InChI is InChI=1S/2C13H16O3/c2*1-2-13(8-15-9-13)10-16-12(14)11-6-4-3-5-7-11/h2*3-7H,2,8-10H2,1H3. The summed E-state index contributed by atoms with van der Waals surface area (Å²) in [5.74, 6) is -0.499. The van der Waals surface area contributed by atoms with Crippen molar-refractivity contribution in [2.45, 2.75) is 26.7 Å². The molecule has 2 aromatic carbocycles. The van der Waals surface area contributed by atoms with Gasteiger partial charge in [0.25, 0.3) is 0 Å². The predicted octanol–water partition coefficient (Wildman–Crippen LogP) is 4.54. The molecule has 0 amide bonds. The Morgan fingerprint density at radius 2 is 1.03 bits per heavy atom. The molecule has 0 unspecified atom stereocenters. The molecule has 32 heavy (non-hydrogen) atoms. The zero-order valence-electron chi connectivity index (χ0n) is 18.9. The van der Waals surface area contributed by atoms with Gasteiger partial charge in [-0.15, -0.1) is 0 Å². The second-order valence-corrected chi connectivity index (χ2v) is 8.58. The highest BCUT2D eigenvalue weighted by molar-refractivity contribution is 5.89. The van der Waals surface area contributed by atoms with Crippen LogP contribution < -0.4 is 0 Å². The third-order valence-corrected chi connectivity index (χ3v) is 6.17. The molecule has 0 atom stereocenters. The predicted molar refractivity (Wildman–Crippen MR) is 121 cm³/mol. The van der Waals surface area contributed by atoms with Crippen molar-refractivity contribution in [1.29, 1.82) is 0 Å². The molecule has 0 aromatic heterocycles. The van der Waals surface area contributed by atoms with Crippen LogP contribution in [0.3, 0.4) is 0 Å². The Hall–Kier alpha value is -2.70. The summed E-state index contributed by atoms with van der Waals surface area (Å²) in [4.78, 5) is 23.4. The SMILES string of the molecule is CCC1(COC(=O)c2ccccc2)COC1.CCC1(COC(=O)c2ccccc2)COC1. The monoisotopic (exact) mass is 440 g/mol. The lowest BCUT2D eigenvalue weighted by atomic mass is 9.84. The summed E-state index contributed by atoms with van der Waals surface area (Å²) in [6.45, 7) is 7.90. The van der Waals surface area contributed by atoms with E-state index < -0.39 is 0 Å². The van der Waals surface area contributed by atoms with Crippen molar-refractivity contribution in [3.8, 4) is 0 Å². The number of rotatable bonds is 8. The van der Waals surface area contributed by atoms with E-state index in [0.717, 1.165) is 12.8 Å². The van der Waals surface area contributed by atoms with E-state index in [-0.39, 0.29) is 22.8 Å². The van der Waals surface area contributed by atoms with E-state index in [0.29, 0.717) is 50.8 Å². The molecule has 2 aliphatic heterocycles.